The third kappa shape index (κ3) is 3.25. The van der Waals surface area contributed by atoms with Crippen LogP contribution in [0.25, 0.3) is 0 Å². The average Bonchev–Trinajstić information content (AvgIpc) is 2.48. The molecule has 2 aromatic rings. The molecule has 0 amide bonds. The van der Waals surface area contributed by atoms with Gasteiger partial charge in [-0.2, -0.15) is 0 Å². The van der Waals surface area contributed by atoms with Crippen LogP contribution in [0.5, 0.6) is 0 Å². The Labute approximate surface area is 142 Å². The fourth-order valence-electron chi connectivity index (χ4n) is 3.74. The molecule has 0 spiro atoms. The smallest absolute Gasteiger partial charge is 0.170 e. The summed E-state index contributed by atoms with van der Waals surface area (Å²) in [6.45, 7) is 16.1. The zero-order valence-electron chi connectivity index (χ0n) is 15.6. The summed E-state index contributed by atoms with van der Waals surface area (Å²) in [7, 11) is -2.01. The highest BCUT2D eigenvalue weighted by molar-refractivity contribution is 7.03. The molecule has 124 valence electrons. The molecule has 1 heterocycles. The van der Waals surface area contributed by atoms with Gasteiger partial charge in [-0.25, -0.2) is 9.97 Å². The van der Waals surface area contributed by atoms with Crippen LogP contribution in [0.3, 0.4) is 0 Å². The van der Waals surface area contributed by atoms with Crippen molar-refractivity contribution in [2.75, 3.05) is 0 Å². The van der Waals surface area contributed by atoms with Gasteiger partial charge in [-0.15, -0.1) is 0 Å². The van der Waals surface area contributed by atoms with Crippen molar-refractivity contribution in [3.8, 4) is 0 Å². The SMILES string of the molecule is CC(C)[Si](c1ccc(C(C)(C)C)cc1)(c1ncccn1)C(C)C. The van der Waals surface area contributed by atoms with Gasteiger partial charge < -0.3 is 0 Å². The maximum absolute atomic E-state index is 4.69. The van der Waals surface area contributed by atoms with E-state index in [1.54, 1.807) is 0 Å². The summed E-state index contributed by atoms with van der Waals surface area (Å²) in [6, 6.07) is 11.2. The van der Waals surface area contributed by atoms with E-state index in [4.69, 9.17) is 9.97 Å². The molecule has 0 aliphatic heterocycles. The van der Waals surface area contributed by atoms with E-state index in [9.17, 15) is 0 Å². The second kappa shape index (κ2) is 6.56. The van der Waals surface area contributed by atoms with Crippen LogP contribution in [0, 0.1) is 0 Å². The van der Waals surface area contributed by atoms with Crippen LogP contribution < -0.4 is 10.6 Å². The summed E-state index contributed by atoms with van der Waals surface area (Å²) in [4.78, 5) is 9.38. The number of aromatic nitrogens is 2. The lowest BCUT2D eigenvalue weighted by Crippen LogP contribution is -2.64. The topological polar surface area (TPSA) is 25.8 Å². The lowest BCUT2D eigenvalue weighted by molar-refractivity contribution is 0.590. The molecule has 2 rings (SSSR count). The number of nitrogens with zero attached hydrogens (tertiary/aromatic N) is 2. The molecule has 1 aromatic heterocycles. The summed E-state index contributed by atoms with van der Waals surface area (Å²) in [5.41, 5.74) is 3.72. The standard InChI is InChI=1S/C20H30N2Si/c1-15(2)23(16(3)4,19-21-13-8-14-22-19)18-11-9-17(10-12-18)20(5,6)7/h8-16H,1-7H3. The summed E-state index contributed by atoms with van der Waals surface area (Å²) in [5.74, 6) is 0. The molecular weight excluding hydrogens is 296 g/mol. The Hall–Kier alpha value is -1.48. The Morgan fingerprint density at radius 1 is 0.826 bits per heavy atom. The van der Waals surface area contributed by atoms with Gasteiger partial charge in [-0.1, -0.05) is 72.7 Å². The first-order valence-corrected chi connectivity index (χ1v) is 10.7. The zero-order valence-corrected chi connectivity index (χ0v) is 16.6. The minimum absolute atomic E-state index is 0.182. The van der Waals surface area contributed by atoms with Crippen LogP contribution in [0.1, 0.15) is 54.0 Å². The van der Waals surface area contributed by atoms with Crippen LogP contribution in [0.15, 0.2) is 42.7 Å². The average molecular weight is 327 g/mol. The molecular formula is C20H30N2Si. The fraction of sp³-hybridized carbons (Fsp3) is 0.500. The van der Waals surface area contributed by atoms with Crippen molar-refractivity contribution in [1.82, 2.24) is 9.97 Å². The molecule has 0 radical (unpaired) electrons. The van der Waals surface area contributed by atoms with Gasteiger partial charge in [-0.05, 0) is 33.3 Å². The van der Waals surface area contributed by atoms with Crippen LogP contribution in [-0.4, -0.2) is 18.0 Å². The van der Waals surface area contributed by atoms with Crippen LogP contribution in [0.4, 0.5) is 0 Å². The van der Waals surface area contributed by atoms with Crippen LogP contribution in [0.2, 0.25) is 11.1 Å². The first kappa shape index (κ1) is 17.9. The van der Waals surface area contributed by atoms with Crippen molar-refractivity contribution in [1.29, 1.82) is 0 Å². The van der Waals surface area contributed by atoms with Crippen molar-refractivity contribution in [3.05, 3.63) is 48.3 Å². The number of hydrogen-bond donors (Lipinski definition) is 0. The highest BCUT2D eigenvalue weighted by Gasteiger charge is 2.46. The Balaban J connectivity index is 2.63. The number of benzene rings is 1. The third-order valence-electron chi connectivity index (χ3n) is 4.99. The van der Waals surface area contributed by atoms with E-state index in [0.29, 0.717) is 11.1 Å². The van der Waals surface area contributed by atoms with E-state index in [-0.39, 0.29) is 5.41 Å². The molecule has 23 heavy (non-hydrogen) atoms. The van der Waals surface area contributed by atoms with E-state index < -0.39 is 8.07 Å². The Morgan fingerprint density at radius 2 is 1.30 bits per heavy atom. The van der Waals surface area contributed by atoms with Crippen LogP contribution >= 0.6 is 0 Å². The predicted molar refractivity (Wildman–Crippen MR) is 102 cm³/mol. The quantitative estimate of drug-likeness (QED) is 0.789. The molecule has 0 aliphatic carbocycles. The molecule has 0 saturated heterocycles. The lowest BCUT2D eigenvalue weighted by Gasteiger charge is -2.38. The minimum atomic E-state index is -2.01. The normalized spacial score (nSPS) is 12.9. The summed E-state index contributed by atoms with van der Waals surface area (Å²) in [5, 5.41) is 1.45. The highest BCUT2D eigenvalue weighted by atomic mass is 28.3. The van der Waals surface area contributed by atoms with Crippen molar-refractivity contribution < 1.29 is 0 Å². The molecule has 0 atom stereocenters. The monoisotopic (exact) mass is 326 g/mol. The largest absolute Gasteiger partial charge is 0.246 e. The van der Waals surface area contributed by atoms with Gasteiger partial charge >= 0.3 is 0 Å². The first-order valence-electron chi connectivity index (χ1n) is 8.59. The number of hydrogen-bond acceptors (Lipinski definition) is 2. The van der Waals surface area contributed by atoms with Crippen molar-refractivity contribution in [3.63, 3.8) is 0 Å². The van der Waals surface area contributed by atoms with E-state index in [0.717, 1.165) is 5.45 Å². The summed E-state index contributed by atoms with van der Waals surface area (Å²) in [6.07, 6.45) is 3.77. The molecule has 2 nitrogen and oxygen atoms in total. The molecule has 0 fully saturated rings. The third-order valence-corrected chi connectivity index (χ3v) is 10.9. The van der Waals surface area contributed by atoms with Gasteiger partial charge in [-0.3, -0.25) is 0 Å². The van der Waals surface area contributed by atoms with Gasteiger partial charge in [0.05, 0.1) is 0 Å². The Kier molecular flexibility index (Phi) is 5.09. The lowest BCUT2D eigenvalue weighted by atomic mass is 9.87. The van der Waals surface area contributed by atoms with Crippen molar-refractivity contribution in [2.45, 2.75) is 65.0 Å². The fourth-order valence-corrected chi connectivity index (χ4v) is 8.99. The Bertz CT molecular complexity index is 617. The molecule has 0 unspecified atom stereocenters. The second-order valence-corrected chi connectivity index (χ2v) is 13.2. The van der Waals surface area contributed by atoms with Gasteiger partial charge in [0.25, 0.3) is 0 Å². The first-order chi connectivity index (χ1) is 10.7. The van der Waals surface area contributed by atoms with E-state index in [2.05, 4.69) is 72.7 Å². The highest BCUT2D eigenvalue weighted by Crippen LogP contribution is 2.31. The second-order valence-electron chi connectivity index (χ2n) is 8.08. The summed E-state index contributed by atoms with van der Waals surface area (Å²) >= 11 is 0. The van der Waals surface area contributed by atoms with Crippen LogP contribution in [-0.2, 0) is 5.41 Å². The molecule has 0 N–H and O–H groups in total. The molecule has 0 aliphatic rings. The van der Waals surface area contributed by atoms with Crippen molar-refractivity contribution in [2.24, 2.45) is 0 Å². The summed E-state index contributed by atoms with van der Waals surface area (Å²) < 4.78 is 0. The van der Waals surface area contributed by atoms with E-state index in [1.165, 1.54) is 10.8 Å². The zero-order chi connectivity index (χ0) is 17.3. The molecule has 0 bridgehead atoms. The van der Waals surface area contributed by atoms with E-state index in [1.807, 2.05) is 18.5 Å². The van der Waals surface area contributed by atoms with Gasteiger partial charge in [0, 0.05) is 12.4 Å². The van der Waals surface area contributed by atoms with Crippen molar-refractivity contribution >= 4 is 18.7 Å². The number of rotatable bonds is 4. The van der Waals surface area contributed by atoms with E-state index >= 15 is 0 Å². The minimum Gasteiger partial charge on any atom is -0.246 e. The Morgan fingerprint density at radius 3 is 1.70 bits per heavy atom. The predicted octanol–water partition coefficient (Wildman–Crippen LogP) is 4.16. The molecule has 0 saturated carbocycles. The maximum Gasteiger partial charge on any atom is 0.170 e. The van der Waals surface area contributed by atoms with Gasteiger partial charge in [0.15, 0.2) is 8.07 Å². The molecule has 1 aromatic carbocycles. The molecule has 3 heteroatoms. The van der Waals surface area contributed by atoms with Gasteiger partial charge in [0.2, 0.25) is 0 Å². The maximum atomic E-state index is 4.69. The van der Waals surface area contributed by atoms with Gasteiger partial charge in [0.1, 0.15) is 5.45 Å².